The van der Waals surface area contributed by atoms with Gasteiger partial charge in [0.15, 0.2) is 6.61 Å². The Bertz CT molecular complexity index is 738. The van der Waals surface area contributed by atoms with Crippen LogP contribution in [0.15, 0.2) is 22.6 Å². The number of esters is 1. The number of carbonyl (C=O) groups is 1. The third-order valence-electron chi connectivity index (χ3n) is 3.20. The smallest absolute Gasteiger partial charge is 0.340 e. The number of aromatic nitrogens is 2. The number of nitrogens with two attached hydrogens (primary N) is 1. The van der Waals surface area contributed by atoms with E-state index in [4.69, 9.17) is 14.9 Å². The number of nitro benzene ring substituents is 1. The number of hydrogen-bond donors (Lipinski definition) is 1. The molecule has 0 bridgehead atoms. The quantitative estimate of drug-likeness (QED) is 0.382. The van der Waals surface area contributed by atoms with Gasteiger partial charge in [-0.2, -0.15) is 0 Å². The number of anilines is 1. The van der Waals surface area contributed by atoms with Crippen LogP contribution in [0.2, 0.25) is 0 Å². The standard InChI is InChI=1S/C13H12N4O5/c14-10-5-8(17(19)20)3-4-9(10)13(18)21-6-11-15-16-12(22-11)7-1-2-7/h3-5,7H,1-2,6,14H2. The fourth-order valence-electron chi connectivity index (χ4n) is 1.87. The molecule has 0 unspecified atom stereocenters. The Kier molecular flexibility index (Phi) is 3.45. The highest BCUT2D eigenvalue weighted by molar-refractivity contribution is 5.95. The Morgan fingerprint density at radius 2 is 2.23 bits per heavy atom. The van der Waals surface area contributed by atoms with Gasteiger partial charge < -0.3 is 14.9 Å². The number of carbonyl (C=O) groups excluding carboxylic acids is 1. The topological polar surface area (TPSA) is 134 Å². The van der Waals surface area contributed by atoms with Gasteiger partial charge in [0.1, 0.15) is 0 Å². The lowest BCUT2D eigenvalue weighted by molar-refractivity contribution is -0.384. The van der Waals surface area contributed by atoms with Gasteiger partial charge in [0.05, 0.1) is 16.2 Å². The summed E-state index contributed by atoms with van der Waals surface area (Å²) in [6.07, 6.45) is 2.06. The fourth-order valence-corrected chi connectivity index (χ4v) is 1.87. The van der Waals surface area contributed by atoms with Crippen molar-refractivity contribution in [3.05, 3.63) is 45.7 Å². The number of hydrogen-bond acceptors (Lipinski definition) is 8. The summed E-state index contributed by atoms with van der Waals surface area (Å²) in [5, 5.41) is 18.3. The highest BCUT2D eigenvalue weighted by atomic mass is 16.6. The molecule has 1 fully saturated rings. The average molecular weight is 304 g/mol. The molecule has 1 aliphatic rings. The van der Waals surface area contributed by atoms with Gasteiger partial charge in [-0.15, -0.1) is 10.2 Å². The summed E-state index contributed by atoms with van der Waals surface area (Å²) in [5.74, 6) is 0.373. The van der Waals surface area contributed by atoms with Crippen LogP contribution in [0.3, 0.4) is 0 Å². The molecule has 9 heteroatoms. The van der Waals surface area contributed by atoms with Gasteiger partial charge in [-0.05, 0) is 18.9 Å². The van der Waals surface area contributed by atoms with Crippen molar-refractivity contribution in [3.8, 4) is 0 Å². The number of ether oxygens (including phenoxy) is 1. The highest BCUT2D eigenvalue weighted by Gasteiger charge is 2.29. The van der Waals surface area contributed by atoms with Crippen LogP contribution < -0.4 is 5.73 Å². The second-order valence-electron chi connectivity index (χ2n) is 4.91. The number of rotatable bonds is 5. The minimum absolute atomic E-state index is 0.0246. The van der Waals surface area contributed by atoms with E-state index in [0.717, 1.165) is 18.9 Å². The SMILES string of the molecule is Nc1cc([N+](=O)[O-])ccc1C(=O)OCc1nnc(C2CC2)o1. The number of nitrogens with zero attached hydrogens (tertiary/aromatic N) is 3. The molecule has 114 valence electrons. The predicted octanol–water partition coefficient (Wildman–Crippen LogP) is 1.79. The van der Waals surface area contributed by atoms with Crippen molar-refractivity contribution in [3.63, 3.8) is 0 Å². The minimum Gasteiger partial charge on any atom is -0.452 e. The summed E-state index contributed by atoms with van der Waals surface area (Å²) in [6.45, 7) is -0.172. The molecule has 1 aromatic heterocycles. The zero-order valence-electron chi connectivity index (χ0n) is 11.4. The number of non-ortho nitro benzene ring substituents is 1. The van der Waals surface area contributed by atoms with Crippen LogP contribution in [0.5, 0.6) is 0 Å². The Hall–Kier alpha value is -2.97. The summed E-state index contributed by atoms with van der Waals surface area (Å²) >= 11 is 0. The van der Waals surface area contributed by atoms with E-state index < -0.39 is 10.9 Å². The largest absolute Gasteiger partial charge is 0.452 e. The van der Waals surface area contributed by atoms with Gasteiger partial charge in [0.2, 0.25) is 5.89 Å². The van der Waals surface area contributed by atoms with E-state index in [0.29, 0.717) is 11.8 Å². The van der Waals surface area contributed by atoms with Gasteiger partial charge in [0.25, 0.3) is 11.6 Å². The van der Waals surface area contributed by atoms with Crippen LogP contribution in [0.25, 0.3) is 0 Å². The maximum Gasteiger partial charge on any atom is 0.340 e. The second kappa shape index (κ2) is 5.43. The lowest BCUT2D eigenvalue weighted by Gasteiger charge is -2.04. The van der Waals surface area contributed by atoms with Crippen molar-refractivity contribution in [1.29, 1.82) is 0 Å². The minimum atomic E-state index is -0.710. The van der Waals surface area contributed by atoms with Crippen LogP contribution in [0.1, 0.15) is 40.9 Å². The fraction of sp³-hybridized carbons (Fsp3) is 0.308. The highest BCUT2D eigenvalue weighted by Crippen LogP contribution is 2.39. The van der Waals surface area contributed by atoms with Crippen molar-refractivity contribution in [2.75, 3.05) is 5.73 Å². The third-order valence-corrected chi connectivity index (χ3v) is 3.20. The molecule has 0 amide bonds. The first kappa shape index (κ1) is 14.0. The Balaban J connectivity index is 1.64. The van der Waals surface area contributed by atoms with E-state index in [-0.39, 0.29) is 29.4 Å². The van der Waals surface area contributed by atoms with Gasteiger partial charge in [-0.25, -0.2) is 4.79 Å². The van der Waals surface area contributed by atoms with Crippen molar-refractivity contribution >= 4 is 17.3 Å². The molecule has 1 saturated carbocycles. The monoisotopic (exact) mass is 304 g/mol. The van der Waals surface area contributed by atoms with Gasteiger partial charge in [-0.1, -0.05) is 0 Å². The lowest BCUT2D eigenvalue weighted by atomic mass is 10.1. The van der Waals surface area contributed by atoms with Gasteiger partial charge in [0, 0.05) is 18.1 Å². The zero-order chi connectivity index (χ0) is 15.7. The average Bonchev–Trinajstić information content (AvgIpc) is 3.23. The van der Waals surface area contributed by atoms with Gasteiger partial charge >= 0.3 is 5.97 Å². The lowest BCUT2D eigenvalue weighted by Crippen LogP contribution is -2.08. The predicted molar refractivity (Wildman–Crippen MR) is 72.9 cm³/mol. The molecule has 9 nitrogen and oxygen atoms in total. The molecule has 1 heterocycles. The molecule has 3 rings (SSSR count). The molecule has 2 N–H and O–H groups in total. The summed E-state index contributed by atoms with van der Waals surface area (Å²) < 4.78 is 10.4. The van der Waals surface area contributed by atoms with Crippen LogP contribution in [-0.4, -0.2) is 21.1 Å². The van der Waals surface area contributed by atoms with Crippen LogP contribution >= 0.6 is 0 Å². The molecular weight excluding hydrogens is 292 g/mol. The summed E-state index contributed by atoms with van der Waals surface area (Å²) in [5.41, 5.74) is 5.45. The Labute approximate surface area is 124 Å². The first-order valence-corrected chi connectivity index (χ1v) is 6.58. The van der Waals surface area contributed by atoms with E-state index in [9.17, 15) is 14.9 Å². The molecule has 2 aromatic rings. The van der Waals surface area contributed by atoms with Crippen LogP contribution in [-0.2, 0) is 11.3 Å². The van der Waals surface area contributed by atoms with Crippen molar-refractivity contribution in [1.82, 2.24) is 10.2 Å². The van der Waals surface area contributed by atoms with E-state index in [1.54, 1.807) is 0 Å². The molecule has 0 aliphatic heterocycles. The van der Waals surface area contributed by atoms with E-state index in [1.165, 1.54) is 12.1 Å². The molecule has 0 radical (unpaired) electrons. The number of nitrogen functional groups attached to an aromatic ring is 1. The third kappa shape index (κ3) is 2.87. The maximum atomic E-state index is 11.9. The number of nitro groups is 1. The first-order chi connectivity index (χ1) is 10.5. The first-order valence-electron chi connectivity index (χ1n) is 6.58. The van der Waals surface area contributed by atoms with Crippen molar-refractivity contribution in [2.45, 2.75) is 25.4 Å². The summed E-state index contributed by atoms with van der Waals surface area (Å²) in [6, 6.07) is 3.54. The van der Waals surface area contributed by atoms with E-state index >= 15 is 0 Å². The van der Waals surface area contributed by atoms with Crippen molar-refractivity contribution < 1.29 is 18.9 Å². The normalized spacial score (nSPS) is 13.8. The molecule has 0 saturated heterocycles. The number of benzene rings is 1. The molecule has 22 heavy (non-hydrogen) atoms. The van der Waals surface area contributed by atoms with Crippen LogP contribution in [0, 0.1) is 10.1 Å². The molecule has 0 spiro atoms. The molecular formula is C13H12N4O5. The molecule has 1 aromatic carbocycles. The zero-order valence-corrected chi connectivity index (χ0v) is 11.4. The molecule has 1 aliphatic carbocycles. The van der Waals surface area contributed by atoms with E-state index in [2.05, 4.69) is 10.2 Å². The van der Waals surface area contributed by atoms with E-state index in [1.807, 2.05) is 0 Å². The van der Waals surface area contributed by atoms with Crippen LogP contribution in [0.4, 0.5) is 11.4 Å². The second-order valence-corrected chi connectivity index (χ2v) is 4.91. The Morgan fingerprint density at radius 3 is 2.86 bits per heavy atom. The van der Waals surface area contributed by atoms with Crippen molar-refractivity contribution in [2.24, 2.45) is 0 Å². The van der Waals surface area contributed by atoms with Gasteiger partial charge in [-0.3, -0.25) is 10.1 Å². The molecule has 0 atom stereocenters. The summed E-state index contributed by atoms with van der Waals surface area (Å²) in [7, 11) is 0. The summed E-state index contributed by atoms with van der Waals surface area (Å²) in [4.78, 5) is 21.9. The maximum absolute atomic E-state index is 11.9. The Morgan fingerprint density at radius 1 is 1.45 bits per heavy atom.